The monoisotopic (exact) mass is 348 g/mol. The standard InChI is InChI=1S/C16H20N4OS2/c1-17-16(18-9-13-3-2-7-22-13)19-10-15(21)20-6-4-14-12(11-20)5-8-23-14/h2-3,5,7-8H,4,6,9-11H2,1H3,(H2,17,18,19). The average Bonchev–Trinajstić information content (AvgIpc) is 3.25. The molecule has 0 saturated heterocycles. The number of carbonyl (C=O) groups excluding carboxylic acids is 1. The summed E-state index contributed by atoms with van der Waals surface area (Å²) in [4.78, 5) is 21.1. The van der Waals surface area contributed by atoms with Crippen molar-refractivity contribution in [3.63, 3.8) is 0 Å². The molecule has 3 rings (SSSR count). The van der Waals surface area contributed by atoms with Crippen molar-refractivity contribution < 1.29 is 4.79 Å². The van der Waals surface area contributed by atoms with Gasteiger partial charge in [0.2, 0.25) is 5.91 Å². The lowest BCUT2D eigenvalue weighted by Gasteiger charge is -2.27. The molecule has 0 aliphatic carbocycles. The Bertz CT molecular complexity index is 678. The van der Waals surface area contributed by atoms with Crippen molar-refractivity contribution >= 4 is 34.5 Å². The molecule has 0 spiro atoms. The molecular formula is C16H20N4OS2. The van der Waals surface area contributed by atoms with Crippen molar-refractivity contribution in [1.29, 1.82) is 0 Å². The van der Waals surface area contributed by atoms with Gasteiger partial charge < -0.3 is 15.5 Å². The molecule has 0 unspecified atom stereocenters. The highest BCUT2D eigenvalue weighted by molar-refractivity contribution is 7.10. The predicted octanol–water partition coefficient (Wildman–Crippen LogP) is 2.06. The smallest absolute Gasteiger partial charge is 0.242 e. The van der Waals surface area contributed by atoms with Gasteiger partial charge in [-0.3, -0.25) is 9.79 Å². The lowest BCUT2D eigenvalue weighted by molar-refractivity contribution is -0.130. The number of guanidine groups is 1. The van der Waals surface area contributed by atoms with Crippen LogP contribution >= 0.6 is 22.7 Å². The van der Waals surface area contributed by atoms with E-state index < -0.39 is 0 Å². The van der Waals surface area contributed by atoms with Crippen molar-refractivity contribution in [3.05, 3.63) is 44.3 Å². The molecule has 1 aliphatic heterocycles. The molecule has 3 heterocycles. The van der Waals surface area contributed by atoms with E-state index in [9.17, 15) is 4.79 Å². The maximum absolute atomic E-state index is 12.4. The Labute approximate surface area is 144 Å². The summed E-state index contributed by atoms with van der Waals surface area (Å²) in [7, 11) is 1.72. The molecule has 0 fully saturated rings. The molecule has 23 heavy (non-hydrogen) atoms. The van der Waals surface area contributed by atoms with Crippen LogP contribution in [-0.4, -0.2) is 36.9 Å². The zero-order chi connectivity index (χ0) is 16.1. The molecule has 0 saturated carbocycles. The fraction of sp³-hybridized carbons (Fsp3) is 0.375. The van der Waals surface area contributed by atoms with E-state index in [2.05, 4.69) is 33.1 Å². The van der Waals surface area contributed by atoms with Crippen LogP contribution in [0.15, 0.2) is 34.0 Å². The first kappa shape index (κ1) is 16.0. The summed E-state index contributed by atoms with van der Waals surface area (Å²) >= 11 is 3.48. The van der Waals surface area contributed by atoms with Gasteiger partial charge in [0.1, 0.15) is 0 Å². The fourth-order valence-electron chi connectivity index (χ4n) is 2.54. The summed E-state index contributed by atoms with van der Waals surface area (Å²) in [5.74, 6) is 0.765. The second kappa shape index (κ2) is 7.61. The van der Waals surface area contributed by atoms with E-state index in [1.807, 2.05) is 16.3 Å². The molecule has 2 aromatic heterocycles. The third-order valence-electron chi connectivity index (χ3n) is 3.80. The van der Waals surface area contributed by atoms with Gasteiger partial charge in [-0.1, -0.05) is 6.07 Å². The third-order valence-corrected chi connectivity index (χ3v) is 5.70. The maximum Gasteiger partial charge on any atom is 0.242 e. The number of fused-ring (bicyclic) bond motifs is 1. The number of aliphatic imine (C=N–C) groups is 1. The van der Waals surface area contributed by atoms with Crippen molar-refractivity contribution in [2.24, 2.45) is 4.99 Å². The van der Waals surface area contributed by atoms with E-state index >= 15 is 0 Å². The molecule has 0 radical (unpaired) electrons. The van der Waals surface area contributed by atoms with Gasteiger partial charge >= 0.3 is 0 Å². The number of hydrogen-bond acceptors (Lipinski definition) is 4. The Morgan fingerprint density at radius 1 is 1.30 bits per heavy atom. The number of nitrogens with zero attached hydrogens (tertiary/aromatic N) is 2. The molecule has 5 nitrogen and oxygen atoms in total. The van der Waals surface area contributed by atoms with Crippen molar-refractivity contribution in [2.45, 2.75) is 19.5 Å². The largest absolute Gasteiger partial charge is 0.352 e. The van der Waals surface area contributed by atoms with Gasteiger partial charge in [-0.05, 0) is 34.9 Å². The minimum absolute atomic E-state index is 0.112. The molecule has 1 aliphatic rings. The average molecular weight is 348 g/mol. The fourth-order valence-corrected chi connectivity index (χ4v) is 4.07. The molecular weight excluding hydrogens is 328 g/mol. The van der Waals surface area contributed by atoms with Crippen LogP contribution in [0, 0.1) is 0 Å². The van der Waals surface area contributed by atoms with Crippen LogP contribution in [0.4, 0.5) is 0 Å². The van der Waals surface area contributed by atoms with Crippen molar-refractivity contribution in [1.82, 2.24) is 15.5 Å². The van der Waals surface area contributed by atoms with Gasteiger partial charge in [0, 0.05) is 29.9 Å². The van der Waals surface area contributed by atoms with Crippen LogP contribution in [0.25, 0.3) is 0 Å². The molecule has 122 valence electrons. The van der Waals surface area contributed by atoms with Crippen LogP contribution < -0.4 is 10.6 Å². The van der Waals surface area contributed by atoms with Gasteiger partial charge in [-0.25, -0.2) is 0 Å². The zero-order valence-electron chi connectivity index (χ0n) is 13.0. The topological polar surface area (TPSA) is 56.7 Å². The molecule has 0 atom stereocenters. The van der Waals surface area contributed by atoms with Crippen LogP contribution in [0.2, 0.25) is 0 Å². The van der Waals surface area contributed by atoms with E-state index in [4.69, 9.17) is 0 Å². The highest BCUT2D eigenvalue weighted by Gasteiger charge is 2.21. The normalized spacial score (nSPS) is 14.5. The van der Waals surface area contributed by atoms with E-state index in [-0.39, 0.29) is 12.5 Å². The van der Waals surface area contributed by atoms with Crippen molar-refractivity contribution in [3.8, 4) is 0 Å². The van der Waals surface area contributed by atoms with Crippen molar-refractivity contribution in [2.75, 3.05) is 20.1 Å². The summed E-state index contributed by atoms with van der Waals surface area (Å²) in [5, 5.41) is 10.5. The molecule has 2 aromatic rings. The third kappa shape index (κ3) is 4.11. The summed E-state index contributed by atoms with van der Waals surface area (Å²) in [6.07, 6.45) is 0.962. The summed E-state index contributed by atoms with van der Waals surface area (Å²) in [6, 6.07) is 6.22. The lowest BCUT2D eigenvalue weighted by atomic mass is 10.1. The first-order valence-electron chi connectivity index (χ1n) is 7.56. The Hall–Kier alpha value is -1.86. The molecule has 0 bridgehead atoms. The molecule has 7 heteroatoms. The summed E-state index contributed by atoms with van der Waals surface area (Å²) in [5.41, 5.74) is 1.29. The van der Waals surface area contributed by atoms with Gasteiger partial charge in [0.15, 0.2) is 5.96 Å². The highest BCUT2D eigenvalue weighted by atomic mass is 32.1. The van der Waals surface area contributed by atoms with Crippen LogP contribution in [0.1, 0.15) is 15.3 Å². The zero-order valence-corrected chi connectivity index (χ0v) is 14.7. The number of rotatable bonds is 4. The van der Waals surface area contributed by atoms with Crippen LogP contribution in [0.5, 0.6) is 0 Å². The SMILES string of the molecule is CN=C(NCC(=O)N1CCc2sccc2C1)NCc1cccs1. The van der Waals surface area contributed by atoms with E-state index in [0.29, 0.717) is 12.5 Å². The summed E-state index contributed by atoms with van der Waals surface area (Å²) in [6.45, 7) is 2.51. The Balaban J connectivity index is 1.46. The van der Waals surface area contributed by atoms with Gasteiger partial charge in [-0.2, -0.15) is 0 Å². The number of amides is 1. The second-order valence-corrected chi connectivity index (χ2v) is 7.33. The van der Waals surface area contributed by atoms with Crippen LogP contribution in [-0.2, 0) is 24.3 Å². The number of thiophene rings is 2. The molecule has 1 amide bonds. The number of nitrogens with one attached hydrogen (secondary N) is 2. The van der Waals surface area contributed by atoms with Crippen LogP contribution in [0.3, 0.4) is 0 Å². The highest BCUT2D eigenvalue weighted by Crippen LogP contribution is 2.23. The minimum Gasteiger partial charge on any atom is -0.352 e. The van der Waals surface area contributed by atoms with E-state index in [1.54, 1.807) is 29.7 Å². The summed E-state index contributed by atoms with van der Waals surface area (Å²) < 4.78 is 0. The molecule has 2 N–H and O–H groups in total. The minimum atomic E-state index is 0.112. The second-order valence-electron chi connectivity index (χ2n) is 5.29. The lowest BCUT2D eigenvalue weighted by Crippen LogP contribution is -2.45. The predicted molar refractivity (Wildman–Crippen MR) is 96.0 cm³/mol. The van der Waals surface area contributed by atoms with E-state index in [1.165, 1.54) is 15.3 Å². The first-order chi connectivity index (χ1) is 11.3. The van der Waals surface area contributed by atoms with Gasteiger partial charge in [0.25, 0.3) is 0 Å². The Morgan fingerprint density at radius 3 is 3.00 bits per heavy atom. The first-order valence-corrected chi connectivity index (χ1v) is 9.32. The maximum atomic E-state index is 12.4. The van der Waals surface area contributed by atoms with Gasteiger partial charge in [-0.15, -0.1) is 22.7 Å². The van der Waals surface area contributed by atoms with E-state index in [0.717, 1.165) is 19.5 Å². The Kier molecular flexibility index (Phi) is 5.30. The number of carbonyl (C=O) groups is 1. The Morgan fingerprint density at radius 2 is 2.22 bits per heavy atom. The molecule has 0 aromatic carbocycles. The van der Waals surface area contributed by atoms with Gasteiger partial charge in [0.05, 0.1) is 13.1 Å². The quantitative estimate of drug-likeness (QED) is 0.657. The number of hydrogen-bond donors (Lipinski definition) is 2.